The first-order chi connectivity index (χ1) is 4.45. The van der Waals surface area contributed by atoms with Crippen LogP contribution in [0.1, 0.15) is 40.5 Å². The summed E-state index contributed by atoms with van der Waals surface area (Å²) >= 11 is 0. The second-order valence-electron chi connectivity index (χ2n) is 3.45. The van der Waals surface area contributed by atoms with Gasteiger partial charge in [0.1, 0.15) is 0 Å². The highest BCUT2D eigenvalue weighted by Gasteiger charge is 2.11. The maximum absolute atomic E-state index is 9.37. The molecular formula is C9H18O. The first-order valence-corrected chi connectivity index (χ1v) is 3.83. The van der Waals surface area contributed by atoms with E-state index in [1.165, 1.54) is 5.57 Å². The standard InChI is InChI=1S/C9H18O/c1-5-6-8(2)7-9(3,4)10/h6,10H,5,7H2,1-4H3/b8-6+. The van der Waals surface area contributed by atoms with Crippen LogP contribution in [0.15, 0.2) is 11.6 Å². The average Bonchev–Trinajstić information content (AvgIpc) is 1.59. The molecule has 60 valence electrons. The summed E-state index contributed by atoms with van der Waals surface area (Å²) in [7, 11) is 0. The fourth-order valence-corrected chi connectivity index (χ4v) is 1.10. The summed E-state index contributed by atoms with van der Waals surface area (Å²) in [6.07, 6.45) is 3.99. The molecule has 1 nitrogen and oxygen atoms in total. The Bertz CT molecular complexity index is 117. The minimum absolute atomic E-state index is 0.546. The lowest BCUT2D eigenvalue weighted by molar-refractivity contribution is 0.0809. The highest BCUT2D eigenvalue weighted by molar-refractivity contribution is 5.01. The van der Waals surface area contributed by atoms with E-state index in [-0.39, 0.29) is 0 Å². The summed E-state index contributed by atoms with van der Waals surface area (Å²) in [6.45, 7) is 7.83. The lowest BCUT2D eigenvalue weighted by Crippen LogP contribution is -2.18. The minimum atomic E-state index is -0.546. The smallest absolute Gasteiger partial charge is 0.0628 e. The summed E-state index contributed by atoms with van der Waals surface area (Å²) in [6, 6.07) is 0. The van der Waals surface area contributed by atoms with E-state index in [9.17, 15) is 5.11 Å². The lowest BCUT2D eigenvalue weighted by Gasteiger charge is -2.16. The maximum atomic E-state index is 9.37. The zero-order valence-electron chi connectivity index (χ0n) is 7.44. The molecule has 0 saturated heterocycles. The Kier molecular flexibility index (Phi) is 3.66. The monoisotopic (exact) mass is 142 g/mol. The Morgan fingerprint density at radius 2 is 2.00 bits per heavy atom. The molecule has 10 heavy (non-hydrogen) atoms. The van der Waals surface area contributed by atoms with Crippen molar-refractivity contribution in [2.45, 2.75) is 46.1 Å². The van der Waals surface area contributed by atoms with Crippen molar-refractivity contribution in [2.24, 2.45) is 0 Å². The Labute approximate surface area is 63.8 Å². The Morgan fingerprint density at radius 3 is 2.30 bits per heavy atom. The van der Waals surface area contributed by atoms with Crippen molar-refractivity contribution in [1.29, 1.82) is 0 Å². The molecule has 0 aromatic heterocycles. The van der Waals surface area contributed by atoms with Crippen LogP contribution >= 0.6 is 0 Å². The zero-order chi connectivity index (χ0) is 8.20. The van der Waals surface area contributed by atoms with E-state index in [4.69, 9.17) is 0 Å². The van der Waals surface area contributed by atoms with Crippen molar-refractivity contribution in [3.8, 4) is 0 Å². The molecule has 0 aliphatic carbocycles. The fourth-order valence-electron chi connectivity index (χ4n) is 1.10. The SMILES string of the molecule is CC/C=C(\C)CC(C)(C)O. The van der Waals surface area contributed by atoms with Crippen molar-refractivity contribution >= 4 is 0 Å². The van der Waals surface area contributed by atoms with E-state index >= 15 is 0 Å². The molecule has 0 rings (SSSR count). The third kappa shape index (κ3) is 5.83. The predicted molar refractivity (Wildman–Crippen MR) is 45.0 cm³/mol. The quantitative estimate of drug-likeness (QED) is 0.600. The summed E-state index contributed by atoms with van der Waals surface area (Å²) in [5, 5.41) is 9.37. The van der Waals surface area contributed by atoms with Gasteiger partial charge >= 0.3 is 0 Å². The zero-order valence-corrected chi connectivity index (χ0v) is 7.44. The van der Waals surface area contributed by atoms with Crippen LogP contribution < -0.4 is 0 Å². The molecule has 0 saturated carbocycles. The third-order valence-corrected chi connectivity index (χ3v) is 1.26. The predicted octanol–water partition coefficient (Wildman–Crippen LogP) is 2.50. The summed E-state index contributed by atoms with van der Waals surface area (Å²) in [5.41, 5.74) is 0.727. The number of aliphatic hydroxyl groups is 1. The third-order valence-electron chi connectivity index (χ3n) is 1.26. The minimum Gasteiger partial charge on any atom is -0.390 e. The Balaban J connectivity index is 3.79. The van der Waals surface area contributed by atoms with E-state index in [1.807, 2.05) is 13.8 Å². The highest BCUT2D eigenvalue weighted by Crippen LogP contribution is 2.14. The van der Waals surface area contributed by atoms with Crippen LogP contribution in [-0.2, 0) is 0 Å². The average molecular weight is 142 g/mol. The van der Waals surface area contributed by atoms with Gasteiger partial charge in [-0.25, -0.2) is 0 Å². The van der Waals surface area contributed by atoms with Gasteiger partial charge in [0.05, 0.1) is 5.60 Å². The van der Waals surface area contributed by atoms with E-state index < -0.39 is 5.60 Å². The van der Waals surface area contributed by atoms with Gasteiger partial charge in [-0.2, -0.15) is 0 Å². The molecule has 0 radical (unpaired) electrons. The van der Waals surface area contributed by atoms with Crippen molar-refractivity contribution in [3.63, 3.8) is 0 Å². The van der Waals surface area contributed by atoms with Gasteiger partial charge in [-0.15, -0.1) is 0 Å². The lowest BCUT2D eigenvalue weighted by atomic mass is 9.99. The molecular weight excluding hydrogens is 124 g/mol. The summed E-state index contributed by atoms with van der Waals surface area (Å²) in [5.74, 6) is 0. The molecule has 0 aromatic carbocycles. The highest BCUT2D eigenvalue weighted by atomic mass is 16.3. The van der Waals surface area contributed by atoms with Gasteiger partial charge in [-0.05, 0) is 33.6 Å². The van der Waals surface area contributed by atoms with Gasteiger partial charge in [-0.1, -0.05) is 18.6 Å². The van der Waals surface area contributed by atoms with Crippen LogP contribution in [-0.4, -0.2) is 10.7 Å². The van der Waals surface area contributed by atoms with Gasteiger partial charge in [0.25, 0.3) is 0 Å². The molecule has 0 aliphatic rings. The first-order valence-electron chi connectivity index (χ1n) is 3.83. The van der Waals surface area contributed by atoms with Crippen molar-refractivity contribution in [1.82, 2.24) is 0 Å². The molecule has 1 heteroatoms. The molecule has 0 aromatic rings. The second-order valence-corrected chi connectivity index (χ2v) is 3.45. The van der Waals surface area contributed by atoms with Crippen LogP contribution in [0.25, 0.3) is 0 Å². The van der Waals surface area contributed by atoms with Crippen molar-refractivity contribution in [2.75, 3.05) is 0 Å². The molecule has 0 heterocycles. The van der Waals surface area contributed by atoms with Crippen LogP contribution in [0, 0.1) is 0 Å². The molecule has 0 spiro atoms. The molecule has 1 N–H and O–H groups in total. The maximum Gasteiger partial charge on any atom is 0.0628 e. The van der Waals surface area contributed by atoms with E-state index in [2.05, 4.69) is 19.9 Å². The molecule has 0 atom stereocenters. The number of hydrogen-bond acceptors (Lipinski definition) is 1. The van der Waals surface area contributed by atoms with Gasteiger partial charge in [0.15, 0.2) is 0 Å². The fraction of sp³-hybridized carbons (Fsp3) is 0.778. The van der Waals surface area contributed by atoms with E-state index in [1.54, 1.807) is 0 Å². The second kappa shape index (κ2) is 3.77. The van der Waals surface area contributed by atoms with Crippen molar-refractivity contribution in [3.05, 3.63) is 11.6 Å². The van der Waals surface area contributed by atoms with Crippen molar-refractivity contribution < 1.29 is 5.11 Å². The number of allylic oxidation sites excluding steroid dienone is 1. The van der Waals surface area contributed by atoms with Crippen LogP contribution in [0.5, 0.6) is 0 Å². The van der Waals surface area contributed by atoms with Crippen LogP contribution in [0.2, 0.25) is 0 Å². The van der Waals surface area contributed by atoms with E-state index in [0.29, 0.717) is 0 Å². The number of rotatable bonds is 3. The summed E-state index contributed by atoms with van der Waals surface area (Å²) < 4.78 is 0. The molecule has 0 bridgehead atoms. The van der Waals surface area contributed by atoms with Gasteiger partial charge in [0, 0.05) is 0 Å². The Hall–Kier alpha value is -0.300. The van der Waals surface area contributed by atoms with Gasteiger partial charge in [-0.3, -0.25) is 0 Å². The van der Waals surface area contributed by atoms with Crippen LogP contribution in [0.4, 0.5) is 0 Å². The van der Waals surface area contributed by atoms with Crippen LogP contribution in [0.3, 0.4) is 0 Å². The van der Waals surface area contributed by atoms with Gasteiger partial charge in [0.2, 0.25) is 0 Å². The Morgan fingerprint density at radius 1 is 1.50 bits per heavy atom. The number of hydrogen-bond donors (Lipinski definition) is 1. The molecule has 0 aliphatic heterocycles. The summed E-state index contributed by atoms with van der Waals surface area (Å²) in [4.78, 5) is 0. The molecule has 0 fully saturated rings. The molecule has 0 amide bonds. The topological polar surface area (TPSA) is 20.2 Å². The normalized spacial score (nSPS) is 13.9. The van der Waals surface area contributed by atoms with E-state index in [0.717, 1.165) is 12.8 Å². The van der Waals surface area contributed by atoms with Gasteiger partial charge < -0.3 is 5.11 Å². The molecule has 0 unspecified atom stereocenters. The largest absolute Gasteiger partial charge is 0.390 e. The first kappa shape index (κ1) is 9.70.